The van der Waals surface area contributed by atoms with Gasteiger partial charge in [0.2, 0.25) is 5.91 Å². The summed E-state index contributed by atoms with van der Waals surface area (Å²) in [6.07, 6.45) is 3.71. The van der Waals surface area contributed by atoms with Crippen LogP contribution in [0.3, 0.4) is 0 Å². The minimum Gasteiger partial charge on any atom is -0.459 e. The van der Waals surface area contributed by atoms with E-state index in [9.17, 15) is 14.4 Å². The Hall–Kier alpha value is -3.09. The SMILES string of the molecule is CC[C@@H](C)NC(=O)c1ccccc1NC(=O)[C@@H]1CCCN(C(=O)c2ccco2)C1. The molecule has 0 radical (unpaired) electrons. The van der Waals surface area contributed by atoms with Gasteiger partial charge in [-0.25, -0.2) is 0 Å². The highest BCUT2D eigenvalue weighted by atomic mass is 16.3. The second-order valence-corrected chi connectivity index (χ2v) is 7.39. The average Bonchev–Trinajstić information content (AvgIpc) is 3.28. The molecule has 0 unspecified atom stereocenters. The number of carbonyl (C=O) groups is 3. The van der Waals surface area contributed by atoms with Gasteiger partial charge in [0, 0.05) is 19.1 Å². The van der Waals surface area contributed by atoms with Crippen molar-refractivity contribution in [3.63, 3.8) is 0 Å². The summed E-state index contributed by atoms with van der Waals surface area (Å²) in [4.78, 5) is 39.6. The zero-order chi connectivity index (χ0) is 20.8. The number of hydrogen-bond donors (Lipinski definition) is 2. The quantitative estimate of drug-likeness (QED) is 0.782. The van der Waals surface area contributed by atoms with Gasteiger partial charge in [-0.1, -0.05) is 19.1 Å². The molecule has 3 amide bonds. The van der Waals surface area contributed by atoms with Gasteiger partial charge in [-0.05, 0) is 50.5 Å². The van der Waals surface area contributed by atoms with E-state index in [2.05, 4.69) is 10.6 Å². The van der Waals surface area contributed by atoms with Crippen LogP contribution < -0.4 is 10.6 Å². The third kappa shape index (κ3) is 5.04. The van der Waals surface area contributed by atoms with Gasteiger partial charge < -0.3 is 20.0 Å². The number of rotatable bonds is 6. The predicted molar refractivity (Wildman–Crippen MR) is 110 cm³/mol. The van der Waals surface area contributed by atoms with Gasteiger partial charge in [-0.15, -0.1) is 0 Å². The van der Waals surface area contributed by atoms with Gasteiger partial charge in [0.1, 0.15) is 0 Å². The minimum absolute atomic E-state index is 0.0470. The molecule has 2 N–H and O–H groups in total. The van der Waals surface area contributed by atoms with Crippen LogP contribution in [-0.2, 0) is 4.79 Å². The third-order valence-corrected chi connectivity index (χ3v) is 5.23. The summed E-state index contributed by atoms with van der Waals surface area (Å²) < 4.78 is 5.19. The fraction of sp³-hybridized carbons (Fsp3) is 0.409. The van der Waals surface area contributed by atoms with Crippen molar-refractivity contribution in [3.05, 3.63) is 54.0 Å². The lowest BCUT2D eigenvalue weighted by Crippen LogP contribution is -2.43. The smallest absolute Gasteiger partial charge is 0.289 e. The number of piperidine rings is 1. The summed E-state index contributed by atoms with van der Waals surface area (Å²) in [6.45, 7) is 4.85. The molecule has 1 fully saturated rings. The number of carbonyl (C=O) groups excluding carboxylic acids is 3. The van der Waals surface area contributed by atoms with E-state index in [1.807, 2.05) is 13.8 Å². The summed E-state index contributed by atoms with van der Waals surface area (Å²) in [7, 11) is 0. The molecule has 1 aliphatic heterocycles. The summed E-state index contributed by atoms with van der Waals surface area (Å²) in [5.41, 5.74) is 0.910. The van der Waals surface area contributed by atoms with Gasteiger partial charge in [0.25, 0.3) is 11.8 Å². The van der Waals surface area contributed by atoms with E-state index in [0.717, 1.165) is 12.8 Å². The Labute approximate surface area is 170 Å². The number of furan rings is 1. The highest BCUT2D eigenvalue weighted by Gasteiger charge is 2.30. The van der Waals surface area contributed by atoms with Gasteiger partial charge >= 0.3 is 0 Å². The number of nitrogens with zero attached hydrogens (tertiary/aromatic N) is 1. The van der Waals surface area contributed by atoms with Crippen molar-refractivity contribution in [1.29, 1.82) is 0 Å². The molecular weight excluding hydrogens is 370 g/mol. The number of anilines is 1. The lowest BCUT2D eigenvalue weighted by Gasteiger charge is -2.31. The van der Waals surface area contributed by atoms with Crippen molar-refractivity contribution in [1.82, 2.24) is 10.2 Å². The van der Waals surface area contributed by atoms with E-state index in [0.29, 0.717) is 30.8 Å². The van der Waals surface area contributed by atoms with E-state index in [4.69, 9.17) is 4.42 Å². The highest BCUT2D eigenvalue weighted by Crippen LogP contribution is 2.22. The number of amides is 3. The second kappa shape index (κ2) is 9.41. The van der Waals surface area contributed by atoms with Crippen LogP contribution in [0.2, 0.25) is 0 Å². The summed E-state index contributed by atoms with van der Waals surface area (Å²) in [6, 6.07) is 10.3. The minimum atomic E-state index is -0.339. The molecule has 3 rings (SSSR count). The Morgan fingerprint density at radius 2 is 2.00 bits per heavy atom. The monoisotopic (exact) mass is 397 g/mol. The maximum absolute atomic E-state index is 12.9. The molecule has 2 aromatic rings. The van der Waals surface area contributed by atoms with Gasteiger partial charge in [-0.3, -0.25) is 14.4 Å². The molecule has 2 atom stereocenters. The zero-order valence-electron chi connectivity index (χ0n) is 16.8. The van der Waals surface area contributed by atoms with E-state index in [1.165, 1.54) is 6.26 Å². The molecule has 0 bridgehead atoms. The van der Waals surface area contributed by atoms with Gasteiger partial charge in [-0.2, -0.15) is 0 Å². The van der Waals surface area contributed by atoms with Crippen molar-refractivity contribution < 1.29 is 18.8 Å². The Morgan fingerprint density at radius 1 is 1.21 bits per heavy atom. The molecule has 1 aliphatic rings. The van der Waals surface area contributed by atoms with E-state index >= 15 is 0 Å². The Balaban J connectivity index is 1.67. The molecule has 0 spiro atoms. The zero-order valence-corrected chi connectivity index (χ0v) is 16.8. The number of nitrogens with one attached hydrogen (secondary N) is 2. The molecule has 0 aliphatic carbocycles. The van der Waals surface area contributed by atoms with E-state index < -0.39 is 0 Å². The predicted octanol–water partition coefficient (Wildman–Crippen LogP) is 3.30. The number of hydrogen-bond acceptors (Lipinski definition) is 4. The van der Waals surface area contributed by atoms with Crippen LogP contribution in [0.5, 0.6) is 0 Å². The van der Waals surface area contributed by atoms with Crippen molar-refractivity contribution in [2.75, 3.05) is 18.4 Å². The molecule has 7 heteroatoms. The van der Waals surface area contributed by atoms with Crippen molar-refractivity contribution in [3.8, 4) is 0 Å². The molecule has 2 heterocycles. The molecule has 1 aromatic carbocycles. The molecule has 7 nitrogen and oxygen atoms in total. The summed E-state index contributed by atoms with van der Waals surface area (Å²) in [5.74, 6) is -0.674. The Bertz CT molecular complexity index is 863. The van der Waals surface area contributed by atoms with Crippen LogP contribution >= 0.6 is 0 Å². The van der Waals surface area contributed by atoms with Crippen molar-refractivity contribution in [2.24, 2.45) is 5.92 Å². The first kappa shape index (κ1) is 20.6. The molecule has 1 aromatic heterocycles. The Kier molecular flexibility index (Phi) is 6.69. The average molecular weight is 397 g/mol. The maximum Gasteiger partial charge on any atom is 0.289 e. The van der Waals surface area contributed by atoms with Crippen molar-refractivity contribution in [2.45, 2.75) is 39.2 Å². The van der Waals surface area contributed by atoms with Gasteiger partial charge in [0.05, 0.1) is 23.4 Å². The van der Waals surface area contributed by atoms with Crippen LogP contribution in [0.4, 0.5) is 5.69 Å². The number of likely N-dealkylation sites (tertiary alicyclic amines) is 1. The molecular formula is C22H27N3O4. The lowest BCUT2D eigenvalue weighted by atomic mass is 9.96. The lowest BCUT2D eigenvalue weighted by molar-refractivity contribution is -0.121. The second-order valence-electron chi connectivity index (χ2n) is 7.39. The summed E-state index contributed by atoms with van der Waals surface area (Å²) in [5, 5.41) is 5.81. The van der Waals surface area contributed by atoms with Crippen molar-refractivity contribution >= 4 is 23.4 Å². The molecule has 29 heavy (non-hydrogen) atoms. The summed E-state index contributed by atoms with van der Waals surface area (Å²) >= 11 is 0. The fourth-order valence-electron chi connectivity index (χ4n) is 3.36. The van der Waals surface area contributed by atoms with E-state index in [-0.39, 0.29) is 35.4 Å². The first-order valence-electron chi connectivity index (χ1n) is 10.0. The highest BCUT2D eigenvalue weighted by molar-refractivity contribution is 6.04. The molecule has 1 saturated heterocycles. The first-order chi connectivity index (χ1) is 14.0. The topological polar surface area (TPSA) is 91.7 Å². The number of benzene rings is 1. The largest absolute Gasteiger partial charge is 0.459 e. The van der Waals surface area contributed by atoms with Crippen LogP contribution in [0.15, 0.2) is 47.1 Å². The van der Waals surface area contributed by atoms with Crippen LogP contribution in [0.25, 0.3) is 0 Å². The van der Waals surface area contributed by atoms with Crippen LogP contribution in [0.1, 0.15) is 54.0 Å². The third-order valence-electron chi connectivity index (χ3n) is 5.23. The molecule has 0 saturated carbocycles. The van der Waals surface area contributed by atoms with E-state index in [1.54, 1.807) is 41.3 Å². The normalized spacial score (nSPS) is 17.4. The van der Waals surface area contributed by atoms with Gasteiger partial charge in [0.15, 0.2) is 5.76 Å². The standard InChI is InChI=1S/C22H27N3O4/c1-3-15(2)23-21(27)17-9-4-5-10-18(17)24-20(26)16-8-6-12-25(14-16)22(28)19-11-7-13-29-19/h4-5,7,9-11,13,15-16H,3,6,8,12,14H2,1-2H3,(H,23,27)(H,24,26)/t15-,16-/m1/s1. The Morgan fingerprint density at radius 3 is 2.72 bits per heavy atom. The number of para-hydroxylation sites is 1. The fourth-order valence-corrected chi connectivity index (χ4v) is 3.36. The molecule has 154 valence electrons. The first-order valence-corrected chi connectivity index (χ1v) is 10.0. The van der Waals surface area contributed by atoms with Crippen LogP contribution in [-0.4, -0.2) is 41.8 Å². The van der Waals surface area contributed by atoms with Crippen LogP contribution in [0, 0.1) is 5.92 Å². The maximum atomic E-state index is 12.9.